The molecule has 2 aromatic heterocycles. The summed E-state index contributed by atoms with van der Waals surface area (Å²) in [5, 5.41) is 4.88. The quantitative estimate of drug-likeness (QED) is 0.706. The fraction of sp³-hybridized carbons (Fsp3) is 0.150. The lowest BCUT2D eigenvalue weighted by Gasteiger charge is -2.10. The number of thiophene rings is 1. The van der Waals surface area contributed by atoms with E-state index in [9.17, 15) is 4.79 Å². The molecule has 130 valence electrons. The van der Waals surface area contributed by atoms with E-state index in [1.54, 1.807) is 36.0 Å². The third kappa shape index (κ3) is 3.81. The Morgan fingerprint density at radius 3 is 3.12 bits per heavy atom. The molecule has 0 spiro atoms. The highest BCUT2D eigenvalue weighted by atomic mass is 32.1. The molecule has 3 heterocycles. The van der Waals surface area contributed by atoms with Crippen LogP contribution in [0.2, 0.25) is 0 Å². The van der Waals surface area contributed by atoms with Gasteiger partial charge in [0, 0.05) is 35.3 Å². The number of carbonyl (C=O) groups is 1. The van der Waals surface area contributed by atoms with Gasteiger partial charge in [0.2, 0.25) is 5.91 Å². The van der Waals surface area contributed by atoms with Crippen LogP contribution < -0.4 is 10.1 Å². The predicted molar refractivity (Wildman–Crippen MR) is 102 cm³/mol. The van der Waals surface area contributed by atoms with Gasteiger partial charge in [-0.1, -0.05) is 6.07 Å². The zero-order chi connectivity index (χ0) is 17.8. The van der Waals surface area contributed by atoms with Crippen LogP contribution in [-0.4, -0.2) is 28.5 Å². The number of ether oxygens (including phenoxy) is 1. The summed E-state index contributed by atoms with van der Waals surface area (Å²) in [7, 11) is 0. The summed E-state index contributed by atoms with van der Waals surface area (Å²) in [6, 6.07) is 9.95. The summed E-state index contributed by atoms with van der Waals surface area (Å²) in [5.74, 6) is 0.754. The van der Waals surface area contributed by atoms with Gasteiger partial charge in [-0.3, -0.25) is 14.8 Å². The van der Waals surface area contributed by atoms with Crippen molar-refractivity contribution >= 4 is 23.3 Å². The molecule has 0 bridgehead atoms. The van der Waals surface area contributed by atoms with Crippen LogP contribution in [0.1, 0.15) is 10.4 Å². The fourth-order valence-corrected chi connectivity index (χ4v) is 3.48. The van der Waals surface area contributed by atoms with Gasteiger partial charge in [-0.2, -0.15) is 0 Å². The standard InChI is InChI=1S/C20H17N3O2S/c24-20(6-4-17-2-1-9-26-17)23-12-16-11-15-10-14(3-5-19(15)25-16)18-13-21-7-8-22-18/h1-10,13,16H,11-12H2,(H,23,24)/b6-4+/t16-/m1/s1. The molecular formula is C20H17N3O2S. The summed E-state index contributed by atoms with van der Waals surface area (Å²) in [6.07, 6.45) is 9.17. The summed E-state index contributed by atoms with van der Waals surface area (Å²) >= 11 is 1.60. The number of aromatic nitrogens is 2. The lowest BCUT2D eigenvalue weighted by atomic mass is 10.0. The summed E-state index contributed by atoms with van der Waals surface area (Å²) < 4.78 is 5.93. The van der Waals surface area contributed by atoms with E-state index in [1.165, 1.54) is 0 Å². The first-order valence-corrected chi connectivity index (χ1v) is 9.21. The summed E-state index contributed by atoms with van der Waals surface area (Å²) in [5.41, 5.74) is 2.98. The SMILES string of the molecule is O=C(/C=C/c1cccs1)NC[C@H]1Cc2cc(-c3cnccn3)ccc2O1. The number of amides is 1. The van der Waals surface area contributed by atoms with Crippen LogP contribution in [0.5, 0.6) is 5.75 Å². The van der Waals surface area contributed by atoms with E-state index in [0.717, 1.165) is 33.9 Å². The molecule has 1 aliphatic heterocycles. The molecule has 26 heavy (non-hydrogen) atoms. The molecule has 1 aliphatic rings. The number of rotatable bonds is 5. The molecule has 0 unspecified atom stereocenters. The Bertz CT molecular complexity index is 923. The number of nitrogens with zero attached hydrogens (tertiary/aromatic N) is 2. The number of carbonyl (C=O) groups excluding carboxylic acids is 1. The zero-order valence-corrected chi connectivity index (χ0v) is 14.8. The van der Waals surface area contributed by atoms with Crippen LogP contribution in [0.4, 0.5) is 0 Å². The van der Waals surface area contributed by atoms with E-state index >= 15 is 0 Å². The molecule has 1 aromatic carbocycles. The van der Waals surface area contributed by atoms with Crippen LogP contribution in [-0.2, 0) is 11.2 Å². The Labute approximate surface area is 155 Å². The van der Waals surface area contributed by atoms with E-state index in [1.807, 2.05) is 35.7 Å². The maximum absolute atomic E-state index is 11.9. The second-order valence-electron chi connectivity index (χ2n) is 5.95. The molecule has 6 heteroatoms. The summed E-state index contributed by atoms with van der Waals surface area (Å²) in [4.78, 5) is 21.4. The normalized spacial score (nSPS) is 15.6. The van der Waals surface area contributed by atoms with Crippen molar-refractivity contribution in [1.82, 2.24) is 15.3 Å². The molecule has 1 atom stereocenters. The second-order valence-corrected chi connectivity index (χ2v) is 6.93. The van der Waals surface area contributed by atoms with Crippen molar-refractivity contribution in [2.45, 2.75) is 12.5 Å². The molecule has 1 amide bonds. The summed E-state index contributed by atoms with van der Waals surface area (Å²) in [6.45, 7) is 0.475. The van der Waals surface area contributed by atoms with Crippen molar-refractivity contribution in [2.24, 2.45) is 0 Å². The predicted octanol–water partition coefficient (Wildman–Crippen LogP) is 3.34. The third-order valence-corrected chi connectivity index (χ3v) is 4.94. The van der Waals surface area contributed by atoms with Crippen LogP contribution in [0.15, 0.2) is 60.4 Å². The van der Waals surface area contributed by atoms with Crippen molar-refractivity contribution in [2.75, 3.05) is 6.54 Å². The first-order valence-electron chi connectivity index (χ1n) is 8.33. The largest absolute Gasteiger partial charge is 0.488 e. The molecular weight excluding hydrogens is 346 g/mol. The first kappa shape index (κ1) is 16.5. The Balaban J connectivity index is 1.34. The van der Waals surface area contributed by atoms with Gasteiger partial charge in [0.25, 0.3) is 0 Å². The molecule has 0 fully saturated rings. The van der Waals surface area contributed by atoms with E-state index in [2.05, 4.69) is 21.4 Å². The number of fused-ring (bicyclic) bond motifs is 1. The third-order valence-electron chi connectivity index (χ3n) is 4.11. The smallest absolute Gasteiger partial charge is 0.244 e. The van der Waals surface area contributed by atoms with Crippen molar-refractivity contribution < 1.29 is 9.53 Å². The molecule has 4 rings (SSSR count). The van der Waals surface area contributed by atoms with Gasteiger partial charge in [-0.25, -0.2) is 0 Å². The van der Waals surface area contributed by atoms with Gasteiger partial charge >= 0.3 is 0 Å². The van der Waals surface area contributed by atoms with Crippen LogP contribution in [0.25, 0.3) is 17.3 Å². The topological polar surface area (TPSA) is 64.1 Å². The highest BCUT2D eigenvalue weighted by Gasteiger charge is 2.23. The highest BCUT2D eigenvalue weighted by Crippen LogP contribution is 2.32. The highest BCUT2D eigenvalue weighted by molar-refractivity contribution is 7.10. The van der Waals surface area contributed by atoms with Gasteiger partial charge in [0.1, 0.15) is 11.9 Å². The van der Waals surface area contributed by atoms with Gasteiger partial charge < -0.3 is 10.1 Å². The fourth-order valence-electron chi connectivity index (χ4n) is 2.86. The maximum Gasteiger partial charge on any atom is 0.244 e. The minimum Gasteiger partial charge on any atom is -0.488 e. The van der Waals surface area contributed by atoms with Gasteiger partial charge in [0.15, 0.2) is 0 Å². The van der Waals surface area contributed by atoms with Crippen LogP contribution >= 0.6 is 11.3 Å². The molecule has 1 N–H and O–H groups in total. The monoisotopic (exact) mass is 363 g/mol. The maximum atomic E-state index is 11.9. The number of nitrogens with one attached hydrogen (secondary N) is 1. The number of benzene rings is 1. The van der Waals surface area contributed by atoms with E-state index < -0.39 is 0 Å². The van der Waals surface area contributed by atoms with Gasteiger partial charge in [-0.15, -0.1) is 11.3 Å². The van der Waals surface area contributed by atoms with E-state index in [0.29, 0.717) is 6.54 Å². The van der Waals surface area contributed by atoms with Gasteiger partial charge in [0.05, 0.1) is 18.4 Å². The van der Waals surface area contributed by atoms with Crippen LogP contribution in [0, 0.1) is 0 Å². The van der Waals surface area contributed by atoms with Crippen molar-refractivity contribution in [3.8, 4) is 17.0 Å². The first-order chi connectivity index (χ1) is 12.8. The Kier molecular flexibility index (Phi) is 4.75. The Morgan fingerprint density at radius 1 is 1.35 bits per heavy atom. The Morgan fingerprint density at radius 2 is 2.31 bits per heavy atom. The minimum atomic E-state index is -0.113. The van der Waals surface area contributed by atoms with Crippen molar-refractivity contribution in [3.05, 3.63) is 70.8 Å². The van der Waals surface area contributed by atoms with Gasteiger partial charge in [-0.05, 0) is 41.3 Å². The average molecular weight is 363 g/mol. The van der Waals surface area contributed by atoms with Crippen molar-refractivity contribution in [1.29, 1.82) is 0 Å². The average Bonchev–Trinajstić information content (AvgIpc) is 3.34. The van der Waals surface area contributed by atoms with E-state index in [-0.39, 0.29) is 12.0 Å². The van der Waals surface area contributed by atoms with Crippen molar-refractivity contribution in [3.63, 3.8) is 0 Å². The molecule has 0 saturated heterocycles. The Hall–Kier alpha value is -2.99. The molecule has 0 radical (unpaired) electrons. The second kappa shape index (κ2) is 7.49. The molecule has 0 aliphatic carbocycles. The molecule has 0 saturated carbocycles. The lowest BCUT2D eigenvalue weighted by Crippen LogP contribution is -2.33. The zero-order valence-electron chi connectivity index (χ0n) is 14.0. The van der Waals surface area contributed by atoms with Crippen LogP contribution in [0.3, 0.4) is 0 Å². The lowest BCUT2D eigenvalue weighted by molar-refractivity contribution is -0.116. The van der Waals surface area contributed by atoms with E-state index in [4.69, 9.17) is 4.74 Å². The number of hydrogen-bond donors (Lipinski definition) is 1. The number of hydrogen-bond acceptors (Lipinski definition) is 5. The minimum absolute atomic E-state index is 0.0544. The molecule has 5 nitrogen and oxygen atoms in total. The molecule has 3 aromatic rings.